The lowest BCUT2D eigenvalue weighted by atomic mass is 10.2. The van der Waals surface area contributed by atoms with Gasteiger partial charge in [0.25, 0.3) is 9.84 Å². The highest BCUT2D eigenvalue weighted by atomic mass is 32.2. The Labute approximate surface area is 137 Å². The predicted molar refractivity (Wildman–Crippen MR) is 80.3 cm³/mol. The second-order valence-electron chi connectivity index (χ2n) is 5.32. The number of sulfone groups is 1. The van der Waals surface area contributed by atoms with Gasteiger partial charge in [-0.15, -0.1) is 0 Å². The second kappa shape index (κ2) is 6.80. The van der Waals surface area contributed by atoms with Crippen molar-refractivity contribution in [2.24, 2.45) is 0 Å². The number of para-hydroxylation sites is 1. The molecule has 0 saturated carbocycles. The van der Waals surface area contributed by atoms with Crippen molar-refractivity contribution >= 4 is 15.5 Å². The van der Waals surface area contributed by atoms with Crippen LogP contribution < -0.4 is 5.32 Å². The number of rotatable bonds is 6. The minimum atomic E-state index is -5.42. The second-order valence-corrected chi connectivity index (χ2v) is 7.23. The Bertz CT molecular complexity index is 801. The van der Waals surface area contributed by atoms with Crippen molar-refractivity contribution in [3.63, 3.8) is 0 Å². The third-order valence-electron chi connectivity index (χ3n) is 3.14. The van der Waals surface area contributed by atoms with Gasteiger partial charge in [-0.25, -0.2) is 8.42 Å². The summed E-state index contributed by atoms with van der Waals surface area (Å²) in [7, 11) is -5.42. The molecule has 24 heavy (non-hydrogen) atoms. The van der Waals surface area contributed by atoms with Crippen LogP contribution in [0.25, 0.3) is 0 Å². The van der Waals surface area contributed by atoms with E-state index in [-0.39, 0.29) is 24.6 Å². The van der Waals surface area contributed by atoms with E-state index in [2.05, 4.69) is 15.5 Å². The van der Waals surface area contributed by atoms with E-state index in [0.29, 0.717) is 11.7 Å². The Morgan fingerprint density at radius 1 is 1.25 bits per heavy atom. The topological polar surface area (TPSA) is 85.1 Å². The van der Waals surface area contributed by atoms with Gasteiger partial charge in [-0.3, -0.25) is 0 Å². The lowest BCUT2D eigenvalue weighted by Crippen LogP contribution is -2.24. The number of nitrogens with zero attached hydrogens (tertiary/aromatic N) is 2. The third kappa shape index (κ3) is 3.86. The van der Waals surface area contributed by atoms with E-state index in [0.717, 1.165) is 6.07 Å². The maximum Gasteiger partial charge on any atom is 0.501 e. The first-order chi connectivity index (χ1) is 11.1. The standard InChI is InChI=1S/C14H16F3N3O3S/c1-9(2)13-19-12(23-20-13)7-8-18-10-5-3-4-6-11(10)24(21,22)14(15,16)17/h3-6,9,18H,7-8H2,1-2H3. The van der Waals surface area contributed by atoms with Gasteiger partial charge in [-0.05, 0) is 12.1 Å². The summed E-state index contributed by atoms with van der Waals surface area (Å²) in [6.07, 6.45) is 0.250. The molecule has 1 heterocycles. The van der Waals surface area contributed by atoms with E-state index >= 15 is 0 Å². The number of anilines is 1. The van der Waals surface area contributed by atoms with Crippen molar-refractivity contribution < 1.29 is 26.1 Å². The molecule has 0 atom stereocenters. The Kier molecular flexibility index (Phi) is 5.16. The van der Waals surface area contributed by atoms with Crippen molar-refractivity contribution in [1.29, 1.82) is 0 Å². The minimum absolute atomic E-state index is 0.0908. The fourth-order valence-electron chi connectivity index (χ4n) is 1.88. The summed E-state index contributed by atoms with van der Waals surface area (Å²) in [5.41, 5.74) is -5.48. The van der Waals surface area contributed by atoms with Crippen LogP contribution in [0.5, 0.6) is 0 Å². The molecule has 0 spiro atoms. The number of nitrogens with one attached hydrogen (secondary N) is 1. The Morgan fingerprint density at radius 2 is 1.92 bits per heavy atom. The van der Waals surface area contributed by atoms with E-state index in [1.54, 1.807) is 0 Å². The van der Waals surface area contributed by atoms with Crippen LogP contribution in [0.4, 0.5) is 18.9 Å². The highest BCUT2D eigenvalue weighted by Crippen LogP contribution is 2.34. The van der Waals surface area contributed by atoms with Gasteiger partial charge < -0.3 is 9.84 Å². The predicted octanol–water partition coefficient (Wildman–Crippen LogP) is 3.14. The number of hydrogen-bond donors (Lipinski definition) is 1. The highest BCUT2D eigenvalue weighted by Gasteiger charge is 2.47. The molecular weight excluding hydrogens is 347 g/mol. The van der Waals surface area contributed by atoms with Crippen LogP contribution >= 0.6 is 0 Å². The molecule has 0 bridgehead atoms. The molecule has 0 unspecified atom stereocenters. The molecule has 0 aliphatic heterocycles. The smallest absolute Gasteiger partial charge is 0.383 e. The van der Waals surface area contributed by atoms with E-state index in [4.69, 9.17) is 4.52 Å². The SMILES string of the molecule is CC(C)c1noc(CCNc2ccccc2S(=O)(=O)C(F)(F)F)n1. The zero-order chi connectivity index (χ0) is 18.0. The summed E-state index contributed by atoms with van der Waals surface area (Å²) in [5.74, 6) is 0.945. The Hall–Kier alpha value is -2.10. The van der Waals surface area contributed by atoms with E-state index in [1.165, 1.54) is 18.2 Å². The molecule has 0 fully saturated rings. The molecule has 10 heteroatoms. The Balaban J connectivity index is 2.11. The molecule has 0 radical (unpaired) electrons. The van der Waals surface area contributed by atoms with Gasteiger partial charge in [0.05, 0.1) is 10.6 Å². The molecule has 2 aromatic rings. The average Bonchev–Trinajstić information content (AvgIpc) is 2.95. The quantitative estimate of drug-likeness (QED) is 0.849. The van der Waals surface area contributed by atoms with Crippen LogP contribution in [0.3, 0.4) is 0 Å². The highest BCUT2D eigenvalue weighted by molar-refractivity contribution is 7.92. The molecule has 6 nitrogen and oxygen atoms in total. The number of alkyl halides is 3. The molecule has 1 N–H and O–H groups in total. The summed E-state index contributed by atoms with van der Waals surface area (Å²) < 4.78 is 66.3. The van der Waals surface area contributed by atoms with Crippen molar-refractivity contribution in [2.75, 3.05) is 11.9 Å². The monoisotopic (exact) mass is 363 g/mol. The van der Waals surface area contributed by atoms with Gasteiger partial charge in [0, 0.05) is 18.9 Å². The number of benzene rings is 1. The van der Waals surface area contributed by atoms with Crippen molar-refractivity contribution in [3.8, 4) is 0 Å². The summed E-state index contributed by atoms with van der Waals surface area (Å²) in [6.45, 7) is 3.93. The van der Waals surface area contributed by atoms with Crippen molar-refractivity contribution in [2.45, 2.75) is 36.6 Å². The van der Waals surface area contributed by atoms with Gasteiger partial charge in [-0.2, -0.15) is 18.2 Å². The average molecular weight is 363 g/mol. The maximum atomic E-state index is 12.7. The van der Waals surface area contributed by atoms with Crippen molar-refractivity contribution in [3.05, 3.63) is 36.0 Å². The molecule has 0 amide bonds. The normalized spacial score (nSPS) is 12.6. The molecule has 0 aliphatic carbocycles. The molecule has 1 aromatic heterocycles. The fourth-order valence-corrected chi connectivity index (χ4v) is 2.82. The fraction of sp³-hybridized carbons (Fsp3) is 0.429. The van der Waals surface area contributed by atoms with Crippen LogP contribution in [0.15, 0.2) is 33.7 Å². The molecule has 1 aromatic carbocycles. The minimum Gasteiger partial charge on any atom is -0.383 e. The van der Waals surface area contributed by atoms with Crippen LogP contribution in [-0.2, 0) is 16.3 Å². The third-order valence-corrected chi connectivity index (χ3v) is 4.68. The first-order valence-corrected chi connectivity index (χ1v) is 8.58. The zero-order valence-electron chi connectivity index (χ0n) is 13.0. The summed E-state index contributed by atoms with van der Waals surface area (Å²) in [5, 5.41) is 6.44. The molecule has 2 rings (SSSR count). The van der Waals surface area contributed by atoms with Gasteiger partial charge in [0.15, 0.2) is 5.82 Å². The van der Waals surface area contributed by atoms with Gasteiger partial charge >= 0.3 is 5.51 Å². The van der Waals surface area contributed by atoms with Crippen LogP contribution in [0.2, 0.25) is 0 Å². The Morgan fingerprint density at radius 3 is 2.50 bits per heavy atom. The van der Waals surface area contributed by atoms with E-state index in [1.807, 2.05) is 13.8 Å². The van der Waals surface area contributed by atoms with E-state index < -0.39 is 20.2 Å². The number of aromatic nitrogens is 2. The number of halogens is 3. The van der Waals surface area contributed by atoms with Gasteiger partial charge in [0.2, 0.25) is 5.89 Å². The summed E-state index contributed by atoms with van der Waals surface area (Å²) in [6, 6.07) is 4.86. The van der Waals surface area contributed by atoms with Crippen molar-refractivity contribution in [1.82, 2.24) is 10.1 Å². The molecular formula is C14H16F3N3O3S. The molecule has 132 valence electrons. The maximum absolute atomic E-state index is 12.7. The largest absolute Gasteiger partial charge is 0.501 e. The van der Waals surface area contributed by atoms with Crippen LogP contribution in [0.1, 0.15) is 31.5 Å². The lowest BCUT2D eigenvalue weighted by molar-refractivity contribution is -0.0435. The lowest BCUT2D eigenvalue weighted by Gasteiger charge is -2.13. The van der Waals surface area contributed by atoms with Crippen LogP contribution in [-0.4, -0.2) is 30.6 Å². The van der Waals surface area contributed by atoms with Gasteiger partial charge in [-0.1, -0.05) is 31.1 Å². The summed E-state index contributed by atoms with van der Waals surface area (Å²) in [4.78, 5) is 3.32. The van der Waals surface area contributed by atoms with Crippen LogP contribution in [0, 0.1) is 0 Å². The first-order valence-electron chi connectivity index (χ1n) is 7.09. The molecule has 0 saturated heterocycles. The van der Waals surface area contributed by atoms with Gasteiger partial charge in [0.1, 0.15) is 0 Å². The number of hydrogen-bond acceptors (Lipinski definition) is 6. The first kappa shape index (κ1) is 18.2. The molecule has 0 aliphatic rings. The zero-order valence-corrected chi connectivity index (χ0v) is 13.8. The summed E-state index contributed by atoms with van der Waals surface area (Å²) >= 11 is 0. The van der Waals surface area contributed by atoms with E-state index in [9.17, 15) is 21.6 Å².